The monoisotopic (exact) mass is 261 g/mol. The maximum atomic E-state index is 4.45. The van der Waals surface area contributed by atoms with Crippen LogP contribution in [0.1, 0.15) is 39.3 Å². The fourth-order valence-corrected chi connectivity index (χ4v) is 2.40. The highest BCUT2D eigenvalue weighted by molar-refractivity contribution is 5.47. The van der Waals surface area contributed by atoms with Crippen molar-refractivity contribution in [2.45, 2.75) is 46.2 Å². The van der Waals surface area contributed by atoms with E-state index in [0.717, 1.165) is 24.7 Å². The average molecular weight is 261 g/mol. The van der Waals surface area contributed by atoms with Crippen molar-refractivity contribution in [2.24, 2.45) is 11.8 Å². The summed E-state index contributed by atoms with van der Waals surface area (Å²) < 4.78 is 0. The largest absolute Gasteiger partial charge is 0.372 e. The summed E-state index contributed by atoms with van der Waals surface area (Å²) in [6.07, 6.45) is 4.70. The Hall–Kier alpha value is -1.09. The number of anilines is 1. The zero-order valence-corrected chi connectivity index (χ0v) is 12.7. The molecule has 0 aliphatic heterocycles. The van der Waals surface area contributed by atoms with Crippen LogP contribution in [0.25, 0.3) is 0 Å². The smallest absolute Gasteiger partial charge is 0.0562 e. The fraction of sp³-hybridized carbons (Fsp3) is 0.688. The molecule has 0 radical (unpaired) electrons. The van der Waals surface area contributed by atoms with Gasteiger partial charge in [0.1, 0.15) is 0 Å². The second-order valence-electron chi connectivity index (χ2n) is 6.22. The van der Waals surface area contributed by atoms with Gasteiger partial charge in [0.05, 0.1) is 5.69 Å². The minimum atomic E-state index is 0.638. The van der Waals surface area contributed by atoms with E-state index in [9.17, 15) is 0 Å². The van der Waals surface area contributed by atoms with Gasteiger partial charge in [-0.15, -0.1) is 0 Å². The molecule has 1 aromatic rings. The zero-order valence-electron chi connectivity index (χ0n) is 12.7. The Balaban J connectivity index is 1.93. The molecule has 106 valence electrons. The van der Waals surface area contributed by atoms with Crippen molar-refractivity contribution in [2.75, 3.05) is 18.5 Å². The molecule has 1 fully saturated rings. The summed E-state index contributed by atoms with van der Waals surface area (Å²) in [5.74, 6) is 1.57. The summed E-state index contributed by atoms with van der Waals surface area (Å²) >= 11 is 0. The van der Waals surface area contributed by atoms with Crippen LogP contribution in [0.15, 0.2) is 18.3 Å². The first-order chi connectivity index (χ1) is 9.08. The molecule has 0 spiro atoms. The Kier molecular flexibility index (Phi) is 4.81. The molecule has 0 bridgehead atoms. The molecule has 19 heavy (non-hydrogen) atoms. The van der Waals surface area contributed by atoms with Crippen molar-refractivity contribution in [3.8, 4) is 0 Å². The molecule has 1 aliphatic carbocycles. The van der Waals surface area contributed by atoms with Crippen LogP contribution in [-0.2, 0) is 6.54 Å². The van der Waals surface area contributed by atoms with E-state index in [-0.39, 0.29) is 0 Å². The molecule has 1 unspecified atom stereocenters. The van der Waals surface area contributed by atoms with Crippen LogP contribution in [0.5, 0.6) is 0 Å². The van der Waals surface area contributed by atoms with Gasteiger partial charge in [-0.1, -0.05) is 13.8 Å². The van der Waals surface area contributed by atoms with Gasteiger partial charge in [-0.05, 0) is 50.3 Å². The first kappa shape index (κ1) is 14.3. The lowest BCUT2D eigenvalue weighted by atomic mass is 10.1. The van der Waals surface area contributed by atoms with Crippen LogP contribution in [0.4, 0.5) is 5.69 Å². The number of hydrogen-bond acceptors (Lipinski definition) is 3. The molecule has 1 atom stereocenters. The zero-order chi connectivity index (χ0) is 13.8. The minimum Gasteiger partial charge on any atom is -0.372 e. The summed E-state index contributed by atoms with van der Waals surface area (Å²) in [7, 11) is 2.20. The lowest BCUT2D eigenvalue weighted by Crippen LogP contribution is -2.30. The van der Waals surface area contributed by atoms with Crippen LogP contribution in [0, 0.1) is 11.8 Å². The van der Waals surface area contributed by atoms with E-state index in [1.165, 1.54) is 18.5 Å². The highest BCUT2D eigenvalue weighted by Crippen LogP contribution is 2.36. The SMILES string of the molecule is CC(C)CNCc1cc(N(C)C(C)C2CC2)ccn1. The van der Waals surface area contributed by atoms with E-state index in [4.69, 9.17) is 0 Å². The normalized spacial score (nSPS) is 16.7. The molecule has 3 heteroatoms. The van der Waals surface area contributed by atoms with Gasteiger partial charge in [0.2, 0.25) is 0 Å². The van der Waals surface area contributed by atoms with Crippen LogP contribution >= 0.6 is 0 Å². The summed E-state index contributed by atoms with van der Waals surface area (Å²) in [6.45, 7) is 8.68. The predicted octanol–water partition coefficient (Wildman–Crippen LogP) is 3.06. The van der Waals surface area contributed by atoms with Gasteiger partial charge < -0.3 is 10.2 Å². The van der Waals surface area contributed by atoms with Crippen LogP contribution < -0.4 is 10.2 Å². The third-order valence-corrected chi connectivity index (χ3v) is 3.98. The Morgan fingerprint density at radius 3 is 2.74 bits per heavy atom. The summed E-state index contributed by atoms with van der Waals surface area (Å²) in [4.78, 5) is 6.84. The number of nitrogens with one attached hydrogen (secondary N) is 1. The molecule has 3 nitrogen and oxygen atoms in total. The predicted molar refractivity (Wildman–Crippen MR) is 81.4 cm³/mol. The van der Waals surface area contributed by atoms with Gasteiger partial charge in [0.15, 0.2) is 0 Å². The number of nitrogens with zero attached hydrogens (tertiary/aromatic N) is 2. The molecule has 0 aromatic carbocycles. The average Bonchev–Trinajstić information content (AvgIpc) is 3.21. The van der Waals surface area contributed by atoms with Gasteiger partial charge in [-0.3, -0.25) is 4.98 Å². The summed E-state index contributed by atoms with van der Waals surface area (Å²) in [6, 6.07) is 4.97. The van der Waals surface area contributed by atoms with Gasteiger partial charge in [0.25, 0.3) is 0 Å². The first-order valence-electron chi connectivity index (χ1n) is 7.46. The van der Waals surface area contributed by atoms with Gasteiger partial charge in [0, 0.05) is 31.5 Å². The number of pyridine rings is 1. The molecule has 1 heterocycles. The Morgan fingerprint density at radius 2 is 2.11 bits per heavy atom. The number of rotatable bonds is 7. The van der Waals surface area contributed by atoms with Crippen molar-refractivity contribution in [1.82, 2.24) is 10.3 Å². The summed E-state index contributed by atoms with van der Waals surface area (Å²) in [5.41, 5.74) is 2.42. The van der Waals surface area contributed by atoms with E-state index in [2.05, 4.69) is 55.2 Å². The highest BCUT2D eigenvalue weighted by Gasteiger charge is 2.30. The van der Waals surface area contributed by atoms with Crippen LogP contribution in [-0.4, -0.2) is 24.6 Å². The fourth-order valence-electron chi connectivity index (χ4n) is 2.40. The van der Waals surface area contributed by atoms with Crippen molar-refractivity contribution in [3.05, 3.63) is 24.0 Å². The van der Waals surface area contributed by atoms with E-state index in [0.29, 0.717) is 12.0 Å². The second kappa shape index (κ2) is 6.38. The van der Waals surface area contributed by atoms with Crippen molar-refractivity contribution >= 4 is 5.69 Å². The molecule has 0 saturated heterocycles. The summed E-state index contributed by atoms with van der Waals surface area (Å²) in [5, 5.41) is 3.45. The Bertz CT molecular complexity index is 399. The maximum Gasteiger partial charge on any atom is 0.0562 e. The van der Waals surface area contributed by atoms with Gasteiger partial charge >= 0.3 is 0 Å². The van der Waals surface area contributed by atoms with Crippen molar-refractivity contribution < 1.29 is 0 Å². The third kappa shape index (κ3) is 4.20. The van der Waals surface area contributed by atoms with Crippen LogP contribution in [0.2, 0.25) is 0 Å². The molecule has 1 N–H and O–H groups in total. The lowest BCUT2D eigenvalue weighted by molar-refractivity contribution is 0.548. The highest BCUT2D eigenvalue weighted by atomic mass is 15.1. The van der Waals surface area contributed by atoms with Crippen LogP contribution in [0.3, 0.4) is 0 Å². The molecular formula is C16H27N3. The van der Waals surface area contributed by atoms with E-state index in [1.54, 1.807) is 0 Å². The quantitative estimate of drug-likeness (QED) is 0.817. The maximum absolute atomic E-state index is 4.45. The number of aromatic nitrogens is 1. The van der Waals surface area contributed by atoms with E-state index < -0.39 is 0 Å². The van der Waals surface area contributed by atoms with Gasteiger partial charge in [-0.2, -0.15) is 0 Å². The Labute approximate surface area is 117 Å². The van der Waals surface area contributed by atoms with Crippen molar-refractivity contribution in [1.29, 1.82) is 0 Å². The second-order valence-corrected chi connectivity index (χ2v) is 6.22. The molecule has 1 saturated carbocycles. The van der Waals surface area contributed by atoms with E-state index >= 15 is 0 Å². The van der Waals surface area contributed by atoms with E-state index in [1.807, 2.05) is 6.20 Å². The molecule has 0 amide bonds. The van der Waals surface area contributed by atoms with Gasteiger partial charge in [-0.25, -0.2) is 0 Å². The molecular weight excluding hydrogens is 234 g/mol. The number of hydrogen-bond donors (Lipinski definition) is 1. The Morgan fingerprint density at radius 1 is 1.37 bits per heavy atom. The standard InChI is InChI=1S/C16H27N3/c1-12(2)10-17-11-15-9-16(7-8-18-15)19(4)13(3)14-5-6-14/h7-9,12-14,17H,5-6,10-11H2,1-4H3. The molecule has 2 rings (SSSR count). The first-order valence-corrected chi connectivity index (χ1v) is 7.46. The molecule has 1 aromatic heterocycles. The topological polar surface area (TPSA) is 28.2 Å². The molecule has 1 aliphatic rings. The third-order valence-electron chi connectivity index (χ3n) is 3.98. The van der Waals surface area contributed by atoms with Crippen molar-refractivity contribution in [3.63, 3.8) is 0 Å². The lowest BCUT2D eigenvalue weighted by Gasteiger charge is -2.27. The minimum absolute atomic E-state index is 0.638.